The maximum Gasteiger partial charge on any atom is 0.273 e. The van der Waals surface area contributed by atoms with Crippen molar-refractivity contribution in [2.45, 2.75) is 0 Å². The number of benzene rings is 2. The lowest BCUT2D eigenvalue weighted by Gasteiger charge is -2.11. The second-order valence-corrected chi connectivity index (χ2v) is 6.41. The molecule has 2 N–H and O–H groups in total. The van der Waals surface area contributed by atoms with Gasteiger partial charge in [-0.25, -0.2) is 0 Å². The van der Waals surface area contributed by atoms with E-state index in [1.54, 1.807) is 24.3 Å². The van der Waals surface area contributed by atoms with Crippen LogP contribution in [0.4, 0.5) is 0 Å². The van der Waals surface area contributed by atoms with Crippen LogP contribution >= 0.6 is 45.8 Å². The van der Waals surface area contributed by atoms with E-state index in [1.165, 1.54) is 19.2 Å². The Hall–Kier alpha value is -1.51. The second-order valence-electron chi connectivity index (χ2n) is 4.38. The summed E-state index contributed by atoms with van der Waals surface area (Å²) in [5, 5.41) is 0.810. The van der Waals surface area contributed by atoms with E-state index in [0.29, 0.717) is 24.9 Å². The summed E-state index contributed by atoms with van der Waals surface area (Å²) in [5.41, 5.74) is 5.22. The van der Waals surface area contributed by atoms with Gasteiger partial charge in [0.1, 0.15) is 5.75 Å². The van der Waals surface area contributed by atoms with E-state index in [-0.39, 0.29) is 5.56 Å². The molecule has 2 rings (SSSR count). The molecule has 120 valence electrons. The molecule has 0 bridgehead atoms. The molecule has 0 spiro atoms. The summed E-state index contributed by atoms with van der Waals surface area (Å²) in [6, 6.07) is 9.52. The Labute approximate surface area is 156 Å². The molecule has 2 amide bonds. The molecule has 0 aliphatic heterocycles. The summed E-state index contributed by atoms with van der Waals surface area (Å²) in [7, 11) is 1.44. The van der Waals surface area contributed by atoms with Crippen molar-refractivity contribution in [3.63, 3.8) is 0 Å². The number of nitrogens with one attached hydrogen (secondary N) is 2. The van der Waals surface area contributed by atoms with E-state index >= 15 is 0 Å². The topological polar surface area (TPSA) is 67.4 Å². The SMILES string of the molecule is COc1ccc(Cl)cc1C(=O)NNC(=O)c1cc(Cl)ccc1I. The standard InChI is InChI=1S/C15H11Cl2IN2O3/c1-23-13-5-3-9(17)7-11(13)15(22)20-19-14(21)10-6-8(16)2-4-12(10)18/h2-7H,1H3,(H,19,21)(H,20,22). The van der Waals surface area contributed by atoms with Gasteiger partial charge in [-0.2, -0.15) is 0 Å². The van der Waals surface area contributed by atoms with Gasteiger partial charge >= 0.3 is 0 Å². The van der Waals surface area contributed by atoms with E-state index < -0.39 is 11.8 Å². The fourth-order valence-electron chi connectivity index (χ4n) is 1.78. The van der Waals surface area contributed by atoms with E-state index in [2.05, 4.69) is 10.9 Å². The Morgan fingerprint density at radius 3 is 2.09 bits per heavy atom. The summed E-state index contributed by atoms with van der Waals surface area (Å²) >= 11 is 13.8. The molecule has 0 aliphatic rings. The highest BCUT2D eigenvalue weighted by atomic mass is 127. The maximum atomic E-state index is 12.2. The minimum atomic E-state index is -0.547. The van der Waals surface area contributed by atoms with Crippen molar-refractivity contribution in [3.05, 3.63) is 61.1 Å². The minimum Gasteiger partial charge on any atom is -0.496 e. The van der Waals surface area contributed by atoms with Crippen LogP contribution in [0.25, 0.3) is 0 Å². The average molecular weight is 465 g/mol. The Balaban J connectivity index is 2.11. The third-order valence-corrected chi connectivity index (χ3v) is 4.28. The summed E-state index contributed by atoms with van der Waals surface area (Å²) < 4.78 is 5.80. The van der Waals surface area contributed by atoms with Gasteiger partial charge in [0.25, 0.3) is 11.8 Å². The third kappa shape index (κ3) is 4.49. The second kappa shape index (κ2) is 7.85. The zero-order valence-corrected chi connectivity index (χ0v) is 15.5. The molecule has 0 aromatic heterocycles. The van der Waals surface area contributed by atoms with Crippen molar-refractivity contribution in [2.24, 2.45) is 0 Å². The first-order valence-corrected chi connectivity index (χ1v) is 8.15. The van der Waals surface area contributed by atoms with Crippen LogP contribution in [-0.4, -0.2) is 18.9 Å². The highest BCUT2D eigenvalue weighted by molar-refractivity contribution is 14.1. The van der Waals surface area contributed by atoms with Crippen LogP contribution in [0.5, 0.6) is 5.75 Å². The number of amides is 2. The minimum absolute atomic E-state index is 0.209. The van der Waals surface area contributed by atoms with Crippen LogP contribution in [-0.2, 0) is 0 Å². The first-order chi connectivity index (χ1) is 10.9. The van der Waals surface area contributed by atoms with Gasteiger partial charge in [-0.1, -0.05) is 23.2 Å². The first kappa shape index (κ1) is 17.8. The molecule has 0 radical (unpaired) electrons. The van der Waals surface area contributed by atoms with Crippen molar-refractivity contribution in [2.75, 3.05) is 7.11 Å². The number of hydrogen-bond donors (Lipinski definition) is 2. The zero-order chi connectivity index (χ0) is 17.0. The quantitative estimate of drug-likeness (QED) is 0.537. The normalized spacial score (nSPS) is 10.1. The van der Waals surface area contributed by atoms with E-state index in [9.17, 15) is 9.59 Å². The smallest absolute Gasteiger partial charge is 0.273 e. The molecule has 0 saturated heterocycles. The molecule has 0 aliphatic carbocycles. The number of rotatable bonds is 3. The zero-order valence-electron chi connectivity index (χ0n) is 11.8. The molecule has 2 aromatic carbocycles. The number of carbonyl (C=O) groups excluding carboxylic acids is 2. The Morgan fingerprint density at radius 1 is 0.957 bits per heavy atom. The van der Waals surface area contributed by atoms with Gasteiger partial charge in [0, 0.05) is 13.6 Å². The van der Waals surface area contributed by atoms with E-state index in [4.69, 9.17) is 27.9 Å². The summed E-state index contributed by atoms with van der Waals surface area (Å²) in [6.07, 6.45) is 0. The van der Waals surface area contributed by atoms with Gasteiger partial charge in [-0.05, 0) is 59.0 Å². The van der Waals surface area contributed by atoms with Gasteiger partial charge in [0.2, 0.25) is 0 Å². The van der Waals surface area contributed by atoms with Gasteiger partial charge in [0.05, 0.1) is 18.2 Å². The maximum absolute atomic E-state index is 12.2. The summed E-state index contributed by atoms with van der Waals surface area (Å²) in [4.78, 5) is 24.3. The molecular formula is C15H11Cl2IN2O3. The molecule has 0 unspecified atom stereocenters. The Bertz CT molecular complexity index is 768. The number of halogens is 3. The fraction of sp³-hybridized carbons (Fsp3) is 0.0667. The lowest BCUT2D eigenvalue weighted by atomic mass is 10.2. The van der Waals surface area contributed by atoms with Gasteiger partial charge in [-0.3, -0.25) is 20.4 Å². The van der Waals surface area contributed by atoms with Crippen LogP contribution in [0.1, 0.15) is 20.7 Å². The van der Waals surface area contributed by atoms with Gasteiger partial charge in [0.15, 0.2) is 0 Å². The van der Waals surface area contributed by atoms with Gasteiger partial charge < -0.3 is 4.74 Å². The largest absolute Gasteiger partial charge is 0.496 e. The molecule has 5 nitrogen and oxygen atoms in total. The van der Waals surface area contributed by atoms with E-state index in [0.717, 1.165) is 0 Å². The molecule has 23 heavy (non-hydrogen) atoms. The Kier molecular flexibility index (Phi) is 6.09. The molecule has 0 heterocycles. The highest BCUT2D eigenvalue weighted by Crippen LogP contribution is 2.22. The molecule has 0 saturated carbocycles. The lowest BCUT2D eigenvalue weighted by Crippen LogP contribution is -2.42. The first-order valence-electron chi connectivity index (χ1n) is 6.31. The molecular weight excluding hydrogens is 454 g/mol. The van der Waals surface area contributed by atoms with Crippen molar-refractivity contribution in [1.82, 2.24) is 10.9 Å². The predicted molar refractivity (Wildman–Crippen MR) is 97.1 cm³/mol. The van der Waals surface area contributed by atoms with Crippen LogP contribution < -0.4 is 15.6 Å². The summed E-state index contributed by atoms with van der Waals surface area (Å²) in [5.74, 6) is -0.681. The number of ether oxygens (including phenoxy) is 1. The van der Waals surface area contributed by atoms with E-state index in [1.807, 2.05) is 22.6 Å². The summed E-state index contributed by atoms with van der Waals surface area (Å²) in [6.45, 7) is 0. The highest BCUT2D eigenvalue weighted by Gasteiger charge is 2.15. The van der Waals surface area contributed by atoms with Crippen LogP contribution in [0.15, 0.2) is 36.4 Å². The molecule has 0 atom stereocenters. The Morgan fingerprint density at radius 2 is 1.48 bits per heavy atom. The lowest BCUT2D eigenvalue weighted by molar-refractivity contribution is 0.0844. The predicted octanol–water partition coefficient (Wildman–Crippen LogP) is 3.68. The number of carbonyl (C=O) groups is 2. The molecule has 2 aromatic rings. The van der Waals surface area contributed by atoms with Crippen LogP contribution in [0, 0.1) is 3.57 Å². The molecule has 0 fully saturated rings. The third-order valence-electron chi connectivity index (χ3n) is 2.87. The molecule has 8 heteroatoms. The van der Waals surface area contributed by atoms with Crippen LogP contribution in [0.2, 0.25) is 10.0 Å². The van der Waals surface area contributed by atoms with Crippen molar-refractivity contribution in [3.8, 4) is 5.75 Å². The number of hydrazine groups is 1. The fourth-order valence-corrected chi connectivity index (χ4v) is 2.70. The van der Waals surface area contributed by atoms with Crippen molar-refractivity contribution >= 4 is 57.6 Å². The number of methoxy groups -OCH3 is 1. The van der Waals surface area contributed by atoms with Crippen LogP contribution in [0.3, 0.4) is 0 Å². The average Bonchev–Trinajstić information content (AvgIpc) is 2.54. The number of hydrogen-bond acceptors (Lipinski definition) is 3. The van der Waals surface area contributed by atoms with Crippen molar-refractivity contribution in [1.29, 1.82) is 0 Å². The van der Waals surface area contributed by atoms with Gasteiger partial charge in [-0.15, -0.1) is 0 Å². The van der Waals surface area contributed by atoms with Crippen molar-refractivity contribution < 1.29 is 14.3 Å². The monoisotopic (exact) mass is 464 g/mol.